The molecule has 1 aromatic heterocycles. The first-order valence-electron chi connectivity index (χ1n) is 3.00. The Morgan fingerprint density at radius 2 is 2.18 bits per heavy atom. The van der Waals surface area contributed by atoms with Crippen molar-refractivity contribution in [1.29, 1.82) is 0 Å². The molecule has 0 aliphatic rings. The van der Waals surface area contributed by atoms with Crippen molar-refractivity contribution < 1.29 is 4.42 Å². The van der Waals surface area contributed by atoms with Gasteiger partial charge in [-0.25, -0.2) is 4.98 Å². The Bertz CT molecular complexity index is 172. The second-order valence-electron chi connectivity index (χ2n) is 1.79. The van der Waals surface area contributed by atoms with E-state index in [2.05, 4.69) is 4.98 Å². The van der Waals surface area contributed by atoms with Gasteiger partial charge in [0.2, 0.25) is 0 Å². The van der Waals surface area contributed by atoms with E-state index in [1.54, 1.807) is 6.26 Å². The molecule has 0 aliphatic heterocycles. The van der Waals surface area contributed by atoms with E-state index < -0.39 is 0 Å². The van der Waals surface area contributed by atoms with Crippen LogP contribution in [0.1, 0.15) is 18.5 Å². The van der Waals surface area contributed by atoms with E-state index in [9.17, 15) is 0 Å². The summed E-state index contributed by atoms with van der Waals surface area (Å²) < 4.78 is 5.01. The SMILES string of the molecule is CCc1nc(CN)co1.Cl.Cl. The Kier molecular flexibility index (Phi) is 7.84. The van der Waals surface area contributed by atoms with Crippen LogP contribution in [0.5, 0.6) is 0 Å². The molecule has 1 heterocycles. The minimum absolute atomic E-state index is 0. The first-order valence-corrected chi connectivity index (χ1v) is 3.00. The zero-order valence-corrected chi connectivity index (χ0v) is 7.87. The van der Waals surface area contributed by atoms with Crippen LogP contribution in [0, 0.1) is 0 Å². The zero-order valence-electron chi connectivity index (χ0n) is 6.24. The van der Waals surface area contributed by atoms with Crippen molar-refractivity contribution in [3.8, 4) is 0 Å². The van der Waals surface area contributed by atoms with Gasteiger partial charge in [0.05, 0.1) is 5.69 Å². The smallest absolute Gasteiger partial charge is 0.193 e. The topological polar surface area (TPSA) is 52.0 Å². The van der Waals surface area contributed by atoms with Crippen molar-refractivity contribution in [2.24, 2.45) is 5.73 Å². The molecule has 0 saturated heterocycles. The fourth-order valence-corrected chi connectivity index (χ4v) is 0.605. The number of hydrogen-bond acceptors (Lipinski definition) is 3. The fraction of sp³-hybridized carbons (Fsp3) is 0.500. The first kappa shape index (κ1) is 13.3. The van der Waals surface area contributed by atoms with E-state index in [1.165, 1.54) is 0 Å². The molecule has 1 rings (SSSR count). The van der Waals surface area contributed by atoms with Gasteiger partial charge in [-0.05, 0) is 0 Å². The van der Waals surface area contributed by atoms with Gasteiger partial charge in [-0.3, -0.25) is 0 Å². The third-order valence-corrected chi connectivity index (χ3v) is 1.11. The molecule has 0 saturated carbocycles. The number of aryl methyl sites for hydroxylation is 1. The van der Waals surface area contributed by atoms with Gasteiger partial charge in [0.15, 0.2) is 5.89 Å². The molecule has 0 atom stereocenters. The van der Waals surface area contributed by atoms with E-state index >= 15 is 0 Å². The summed E-state index contributed by atoms with van der Waals surface area (Å²) in [6.45, 7) is 2.45. The molecule has 0 spiro atoms. The molecular weight excluding hydrogens is 187 g/mol. The average molecular weight is 199 g/mol. The standard InChI is InChI=1S/C6H10N2O.2ClH/c1-2-6-8-5(3-7)4-9-6;;/h4H,2-3,7H2,1H3;2*1H. The summed E-state index contributed by atoms with van der Waals surface area (Å²) in [7, 11) is 0. The second-order valence-corrected chi connectivity index (χ2v) is 1.79. The highest BCUT2D eigenvalue weighted by Gasteiger charge is 1.96. The maximum Gasteiger partial charge on any atom is 0.193 e. The van der Waals surface area contributed by atoms with Crippen molar-refractivity contribution in [2.45, 2.75) is 19.9 Å². The summed E-state index contributed by atoms with van der Waals surface area (Å²) >= 11 is 0. The van der Waals surface area contributed by atoms with Crippen molar-refractivity contribution in [3.05, 3.63) is 17.8 Å². The second kappa shape index (κ2) is 6.46. The van der Waals surface area contributed by atoms with Gasteiger partial charge >= 0.3 is 0 Å². The van der Waals surface area contributed by atoms with Crippen molar-refractivity contribution in [3.63, 3.8) is 0 Å². The third-order valence-electron chi connectivity index (χ3n) is 1.11. The molecule has 0 aromatic carbocycles. The number of oxazole rings is 1. The number of hydrogen-bond donors (Lipinski definition) is 1. The van der Waals surface area contributed by atoms with Crippen LogP contribution < -0.4 is 5.73 Å². The van der Waals surface area contributed by atoms with E-state index in [4.69, 9.17) is 10.2 Å². The van der Waals surface area contributed by atoms with Crippen LogP contribution in [-0.4, -0.2) is 4.98 Å². The fourth-order valence-electron chi connectivity index (χ4n) is 0.605. The molecule has 0 aliphatic carbocycles. The van der Waals surface area contributed by atoms with Crippen molar-refractivity contribution >= 4 is 24.8 Å². The lowest BCUT2D eigenvalue weighted by atomic mass is 10.5. The number of halogens is 2. The predicted octanol–water partition coefficient (Wildman–Crippen LogP) is 1.54. The van der Waals surface area contributed by atoms with Gasteiger partial charge in [-0.15, -0.1) is 24.8 Å². The van der Waals surface area contributed by atoms with Gasteiger partial charge in [0.25, 0.3) is 0 Å². The monoisotopic (exact) mass is 198 g/mol. The quantitative estimate of drug-likeness (QED) is 0.785. The molecule has 0 bridgehead atoms. The highest BCUT2D eigenvalue weighted by atomic mass is 35.5. The lowest BCUT2D eigenvalue weighted by Crippen LogP contribution is -1.95. The van der Waals surface area contributed by atoms with Gasteiger partial charge in [-0.1, -0.05) is 6.92 Å². The van der Waals surface area contributed by atoms with Crippen LogP contribution in [0.4, 0.5) is 0 Å². The summed E-state index contributed by atoms with van der Waals surface area (Å²) in [5.74, 6) is 0.760. The van der Waals surface area contributed by atoms with E-state index in [0.717, 1.165) is 18.0 Å². The lowest BCUT2D eigenvalue weighted by molar-refractivity contribution is 0.501. The van der Waals surface area contributed by atoms with E-state index in [0.29, 0.717) is 6.54 Å². The van der Waals surface area contributed by atoms with Crippen LogP contribution >= 0.6 is 24.8 Å². The molecular formula is C6H12Cl2N2O. The molecule has 0 fully saturated rings. The largest absolute Gasteiger partial charge is 0.449 e. The number of nitrogens with zero attached hydrogens (tertiary/aromatic N) is 1. The van der Waals surface area contributed by atoms with Crippen LogP contribution in [0.2, 0.25) is 0 Å². The molecule has 1 aromatic rings. The summed E-state index contributed by atoms with van der Waals surface area (Å²) in [6, 6.07) is 0. The summed E-state index contributed by atoms with van der Waals surface area (Å²) in [6.07, 6.45) is 2.43. The molecule has 2 N–H and O–H groups in total. The Hall–Kier alpha value is -0.250. The lowest BCUT2D eigenvalue weighted by Gasteiger charge is -1.80. The summed E-state index contributed by atoms with van der Waals surface area (Å²) in [5.41, 5.74) is 6.12. The Labute approximate surface area is 78.2 Å². The van der Waals surface area contributed by atoms with E-state index in [1.807, 2.05) is 6.92 Å². The van der Waals surface area contributed by atoms with Gasteiger partial charge in [-0.2, -0.15) is 0 Å². The average Bonchev–Trinajstić information content (AvgIpc) is 2.34. The maximum absolute atomic E-state index is 5.30. The van der Waals surface area contributed by atoms with Crippen LogP contribution in [0.15, 0.2) is 10.7 Å². The maximum atomic E-state index is 5.30. The number of aromatic nitrogens is 1. The molecule has 0 radical (unpaired) electrons. The first-order chi connectivity index (χ1) is 4.36. The van der Waals surface area contributed by atoms with Gasteiger partial charge in [0.1, 0.15) is 6.26 Å². The van der Waals surface area contributed by atoms with Crippen molar-refractivity contribution in [2.75, 3.05) is 0 Å². The highest BCUT2D eigenvalue weighted by Crippen LogP contribution is 2.00. The molecule has 11 heavy (non-hydrogen) atoms. The molecule has 0 amide bonds. The van der Waals surface area contributed by atoms with Crippen LogP contribution in [0.3, 0.4) is 0 Å². The Morgan fingerprint density at radius 1 is 1.55 bits per heavy atom. The minimum Gasteiger partial charge on any atom is -0.449 e. The Morgan fingerprint density at radius 3 is 2.45 bits per heavy atom. The molecule has 5 heteroatoms. The van der Waals surface area contributed by atoms with Gasteiger partial charge in [0, 0.05) is 13.0 Å². The normalized spacial score (nSPS) is 8.18. The minimum atomic E-state index is 0. The van der Waals surface area contributed by atoms with Gasteiger partial charge < -0.3 is 10.2 Å². The molecule has 66 valence electrons. The number of rotatable bonds is 2. The molecule has 3 nitrogen and oxygen atoms in total. The van der Waals surface area contributed by atoms with Crippen molar-refractivity contribution in [1.82, 2.24) is 4.98 Å². The van der Waals surface area contributed by atoms with Crippen LogP contribution in [0.25, 0.3) is 0 Å². The molecule has 0 unspecified atom stereocenters. The Balaban J connectivity index is 0. The summed E-state index contributed by atoms with van der Waals surface area (Å²) in [4.78, 5) is 4.06. The zero-order chi connectivity index (χ0) is 6.69. The third kappa shape index (κ3) is 3.60. The summed E-state index contributed by atoms with van der Waals surface area (Å²) in [5, 5.41) is 0. The predicted molar refractivity (Wildman–Crippen MR) is 48.3 cm³/mol. The van der Waals surface area contributed by atoms with Crippen LogP contribution in [-0.2, 0) is 13.0 Å². The van der Waals surface area contributed by atoms with E-state index in [-0.39, 0.29) is 24.8 Å². The number of nitrogens with two attached hydrogens (primary N) is 1. The highest BCUT2D eigenvalue weighted by molar-refractivity contribution is 5.85.